The van der Waals surface area contributed by atoms with Crippen LogP contribution in [0.5, 0.6) is 0 Å². The van der Waals surface area contributed by atoms with Crippen LogP contribution in [0.4, 0.5) is 0 Å². The lowest BCUT2D eigenvalue weighted by Gasteiger charge is -2.37. The van der Waals surface area contributed by atoms with Gasteiger partial charge in [0.2, 0.25) is 5.91 Å². The lowest BCUT2D eigenvalue weighted by Crippen LogP contribution is -2.48. The molecule has 1 heterocycles. The van der Waals surface area contributed by atoms with E-state index < -0.39 is 0 Å². The maximum absolute atomic E-state index is 12.8. The van der Waals surface area contributed by atoms with Crippen LogP contribution in [0.1, 0.15) is 65.2 Å². The van der Waals surface area contributed by atoms with Crippen LogP contribution in [-0.4, -0.2) is 47.9 Å². The Kier molecular flexibility index (Phi) is 5.43. The fourth-order valence-electron chi connectivity index (χ4n) is 4.62. The predicted octanol–water partition coefficient (Wildman–Crippen LogP) is 3.54. The van der Waals surface area contributed by atoms with Crippen molar-refractivity contribution in [2.75, 3.05) is 26.2 Å². The standard InChI is InChI=1S/C19H34N2O/c1-15-10-16(2)12-21(11-15)19(22)14-20(18-8-9-18)13-17-6-4-3-5-7-17/h15-18H,3-14H2,1-2H3. The van der Waals surface area contributed by atoms with Crippen molar-refractivity contribution in [2.24, 2.45) is 17.8 Å². The number of hydrogen-bond donors (Lipinski definition) is 0. The normalized spacial score (nSPS) is 30.8. The van der Waals surface area contributed by atoms with Crippen molar-refractivity contribution < 1.29 is 4.79 Å². The molecule has 22 heavy (non-hydrogen) atoms. The molecule has 0 aromatic carbocycles. The molecule has 2 unspecified atom stereocenters. The van der Waals surface area contributed by atoms with E-state index in [1.807, 2.05) is 0 Å². The van der Waals surface area contributed by atoms with Crippen LogP contribution in [0.15, 0.2) is 0 Å². The van der Waals surface area contributed by atoms with E-state index in [1.54, 1.807) is 0 Å². The van der Waals surface area contributed by atoms with Crippen molar-refractivity contribution in [1.29, 1.82) is 0 Å². The number of hydrogen-bond acceptors (Lipinski definition) is 2. The molecule has 2 atom stereocenters. The monoisotopic (exact) mass is 306 g/mol. The Hall–Kier alpha value is -0.570. The van der Waals surface area contributed by atoms with Crippen LogP contribution < -0.4 is 0 Å². The molecule has 3 nitrogen and oxygen atoms in total. The largest absolute Gasteiger partial charge is 0.341 e. The molecule has 3 heteroatoms. The second kappa shape index (κ2) is 7.33. The maximum Gasteiger partial charge on any atom is 0.236 e. The molecule has 2 aliphatic carbocycles. The SMILES string of the molecule is CC1CC(C)CN(C(=O)CN(CC2CCCCC2)C2CC2)C1. The van der Waals surface area contributed by atoms with Gasteiger partial charge in [0.25, 0.3) is 0 Å². The number of likely N-dealkylation sites (tertiary alicyclic amines) is 1. The van der Waals surface area contributed by atoms with Crippen LogP contribution in [0.3, 0.4) is 0 Å². The molecule has 3 rings (SSSR count). The van der Waals surface area contributed by atoms with Gasteiger partial charge in [-0.1, -0.05) is 33.1 Å². The van der Waals surface area contributed by atoms with E-state index in [-0.39, 0.29) is 0 Å². The predicted molar refractivity (Wildman–Crippen MR) is 90.7 cm³/mol. The third kappa shape index (κ3) is 4.47. The molecule has 0 aromatic heterocycles. The average Bonchev–Trinajstić information content (AvgIpc) is 3.31. The Balaban J connectivity index is 1.52. The summed E-state index contributed by atoms with van der Waals surface area (Å²) in [6.45, 7) is 8.39. The fourth-order valence-corrected chi connectivity index (χ4v) is 4.62. The number of rotatable bonds is 5. The Labute approximate surface area is 136 Å². The van der Waals surface area contributed by atoms with E-state index in [0.717, 1.165) is 19.0 Å². The molecule has 0 bridgehead atoms. The summed E-state index contributed by atoms with van der Waals surface area (Å²) in [6.07, 6.45) is 10.9. The zero-order chi connectivity index (χ0) is 15.5. The molecule has 1 saturated heterocycles. The van der Waals surface area contributed by atoms with Crippen molar-refractivity contribution in [3.63, 3.8) is 0 Å². The summed E-state index contributed by atoms with van der Waals surface area (Å²) in [5.74, 6) is 2.57. The zero-order valence-electron chi connectivity index (χ0n) is 14.6. The highest BCUT2D eigenvalue weighted by Gasteiger charge is 2.34. The maximum atomic E-state index is 12.8. The quantitative estimate of drug-likeness (QED) is 0.775. The summed E-state index contributed by atoms with van der Waals surface area (Å²) in [5, 5.41) is 0. The molecule has 1 aliphatic heterocycles. The van der Waals surface area contributed by atoms with Crippen molar-refractivity contribution in [2.45, 2.75) is 71.3 Å². The van der Waals surface area contributed by atoms with E-state index in [4.69, 9.17) is 0 Å². The third-order valence-corrected chi connectivity index (χ3v) is 5.84. The Morgan fingerprint density at radius 2 is 1.64 bits per heavy atom. The van der Waals surface area contributed by atoms with Crippen LogP contribution in [0.2, 0.25) is 0 Å². The van der Waals surface area contributed by atoms with Gasteiger partial charge in [-0.05, 0) is 49.9 Å². The smallest absolute Gasteiger partial charge is 0.236 e. The number of carbonyl (C=O) groups is 1. The molecule has 0 spiro atoms. The van der Waals surface area contributed by atoms with Crippen molar-refractivity contribution in [3.05, 3.63) is 0 Å². The van der Waals surface area contributed by atoms with Crippen LogP contribution in [-0.2, 0) is 4.79 Å². The van der Waals surface area contributed by atoms with E-state index in [9.17, 15) is 4.79 Å². The second-order valence-electron chi connectivity index (χ2n) is 8.41. The molecule has 0 radical (unpaired) electrons. The summed E-state index contributed by atoms with van der Waals surface area (Å²) in [5.41, 5.74) is 0. The molecule has 3 aliphatic rings. The van der Waals surface area contributed by atoms with Crippen LogP contribution >= 0.6 is 0 Å². The van der Waals surface area contributed by atoms with E-state index >= 15 is 0 Å². The zero-order valence-corrected chi connectivity index (χ0v) is 14.6. The second-order valence-corrected chi connectivity index (χ2v) is 8.41. The van der Waals surface area contributed by atoms with E-state index in [2.05, 4.69) is 23.6 Å². The summed E-state index contributed by atoms with van der Waals surface area (Å²) in [4.78, 5) is 17.4. The summed E-state index contributed by atoms with van der Waals surface area (Å²) in [7, 11) is 0. The molecule has 0 aromatic rings. The number of carbonyl (C=O) groups excluding carboxylic acids is 1. The minimum atomic E-state index is 0.390. The van der Waals surface area contributed by atoms with Gasteiger partial charge in [0, 0.05) is 25.7 Å². The highest BCUT2D eigenvalue weighted by molar-refractivity contribution is 5.78. The molecule has 0 N–H and O–H groups in total. The first-order valence-corrected chi connectivity index (χ1v) is 9.63. The number of nitrogens with zero attached hydrogens (tertiary/aromatic N) is 2. The first-order chi connectivity index (χ1) is 10.6. The van der Waals surface area contributed by atoms with Gasteiger partial charge in [-0.2, -0.15) is 0 Å². The summed E-state index contributed by atoms with van der Waals surface area (Å²) in [6, 6.07) is 0.713. The van der Waals surface area contributed by atoms with Gasteiger partial charge in [0.1, 0.15) is 0 Å². The minimum Gasteiger partial charge on any atom is -0.341 e. The van der Waals surface area contributed by atoms with Gasteiger partial charge < -0.3 is 4.90 Å². The lowest BCUT2D eigenvalue weighted by molar-refractivity contribution is -0.135. The summed E-state index contributed by atoms with van der Waals surface area (Å²) < 4.78 is 0. The van der Waals surface area contributed by atoms with Crippen molar-refractivity contribution in [3.8, 4) is 0 Å². The Bertz CT molecular complexity index is 364. The molecule has 1 amide bonds. The first-order valence-electron chi connectivity index (χ1n) is 9.63. The van der Waals surface area contributed by atoms with Gasteiger partial charge in [-0.25, -0.2) is 0 Å². The van der Waals surface area contributed by atoms with Crippen LogP contribution in [0.25, 0.3) is 0 Å². The van der Waals surface area contributed by atoms with Gasteiger partial charge in [0.15, 0.2) is 0 Å². The lowest BCUT2D eigenvalue weighted by atomic mass is 9.89. The van der Waals surface area contributed by atoms with Gasteiger partial charge in [0.05, 0.1) is 6.54 Å². The molecular weight excluding hydrogens is 272 g/mol. The van der Waals surface area contributed by atoms with Crippen molar-refractivity contribution >= 4 is 5.91 Å². The van der Waals surface area contributed by atoms with Crippen molar-refractivity contribution in [1.82, 2.24) is 9.80 Å². The van der Waals surface area contributed by atoms with Gasteiger partial charge in [-0.15, -0.1) is 0 Å². The highest BCUT2D eigenvalue weighted by Crippen LogP contribution is 2.31. The van der Waals surface area contributed by atoms with Gasteiger partial charge in [-0.3, -0.25) is 9.69 Å². The molecule has 3 fully saturated rings. The average molecular weight is 306 g/mol. The number of piperidine rings is 1. The topological polar surface area (TPSA) is 23.6 Å². The highest BCUT2D eigenvalue weighted by atomic mass is 16.2. The number of amides is 1. The van der Waals surface area contributed by atoms with E-state index in [1.165, 1.54) is 57.9 Å². The fraction of sp³-hybridized carbons (Fsp3) is 0.947. The van der Waals surface area contributed by atoms with E-state index in [0.29, 0.717) is 30.3 Å². The Morgan fingerprint density at radius 1 is 1.00 bits per heavy atom. The third-order valence-electron chi connectivity index (χ3n) is 5.84. The first kappa shape index (κ1) is 16.3. The molecule has 126 valence electrons. The Morgan fingerprint density at radius 3 is 2.23 bits per heavy atom. The van der Waals surface area contributed by atoms with Crippen LogP contribution in [0, 0.1) is 17.8 Å². The molecule has 2 saturated carbocycles. The molecular formula is C19H34N2O. The van der Waals surface area contributed by atoms with Gasteiger partial charge >= 0.3 is 0 Å². The summed E-state index contributed by atoms with van der Waals surface area (Å²) >= 11 is 0. The minimum absolute atomic E-state index is 0.390.